The van der Waals surface area contributed by atoms with Gasteiger partial charge in [-0.3, -0.25) is 9.80 Å². The average Bonchev–Trinajstić information content (AvgIpc) is 3.40. The fourth-order valence-electron chi connectivity index (χ4n) is 4.60. The first-order valence-corrected chi connectivity index (χ1v) is 13.2. The summed E-state index contributed by atoms with van der Waals surface area (Å²) in [6.45, 7) is 6.93. The summed E-state index contributed by atoms with van der Waals surface area (Å²) < 4.78 is 5.65. The Morgan fingerprint density at radius 3 is 2.32 bits per heavy atom. The average molecular weight is 513 g/mol. The molecule has 1 aromatic heterocycles. The number of halogens is 1. The first-order chi connectivity index (χ1) is 18.1. The Hall–Kier alpha value is -3.38. The lowest BCUT2D eigenvalue weighted by molar-refractivity contribution is 0.202. The van der Waals surface area contributed by atoms with Crippen LogP contribution < -0.4 is 4.90 Å². The number of piperazine rings is 1. The molecule has 0 bridgehead atoms. The topological polar surface area (TPSA) is 35.8 Å². The van der Waals surface area contributed by atoms with Crippen molar-refractivity contribution < 1.29 is 4.52 Å². The molecule has 1 aliphatic rings. The van der Waals surface area contributed by atoms with Crippen LogP contribution in [0.1, 0.15) is 16.9 Å². The summed E-state index contributed by atoms with van der Waals surface area (Å²) in [5.41, 5.74) is 5.50. The third-order valence-electron chi connectivity index (χ3n) is 6.80. The predicted octanol–water partition coefficient (Wildman–Crippen LogP) is 6.42. The zero-order valence-corrected chi connectivity index (χ0v) is 22.0. The number of aromatic nitrogens is 1. The van der Waals surface area contributed by atoms with Crippen molar-refractivity contribution in [3.05, 3.63) is 107 Å². The maximum atomic E-state index is 6.16. The number of anilines is 1. The second-order valence-electron chi connectivity index (χ2n) is 9.59. The van der Waals surface area contributed by atoms with Gasteiger partial charge in [-0.2, -0.15) is 0 Å². The van der Waals surface area contributed by atoms with Gasteiger partial charge in [0.2, 0.25) is 0 Å². The lowest BCUT2D eigenvalue weighted by atomic mass is 10.1. The minimum absolute atomic E-state index is 0.743. The number of hydrogen-bond acceptors (Lipinski definition) is 5. The van der Waals surface area contributed by atoms with Crippen LogP contribution in [0.4, 0.5) is 5.69 Å². The Bertz CT molecular complexity index is 1290. The molecule has 1 saturated heterocycles. The van der Waals surface area contributed by atoms with E-state index < -0.39 is 0 Å². The van der Waals surface area contributed by atoms with E-state index in [-0.39, 0.29) is 0 Å². The fraction of sp³-hybridized carbons (Fsp3) is 0.258. The standard InChI is InChI=1S/C31H33ClN4O/c1-34(16-17-35-18-20-36(21-19-35)29-9-5-8-28(32)22-29)24-30-23-31(33-37-30)27-14-12-26(13-15-27)11-10-25-6-3-2-4-7-25/h2-15,22-23H,16-21,24H2,1H3. The van der Waals surface area contributed by atoms with E-state index >= 15 is 0 Å². The van der Waals surface area contributed by atoms with E-state index in [1.807, 2.05) is 36.4 Å². The van der Waals surface area contributed by atoms with Crippen LogP contribution in [0.15, 0.2) is 89.5 Å². The molecular formula is C31H33ClN4O. The highest BCUT2D eigenvalue weighted by Crippen LogP contribution is 2.22. The van der Waals surface area contributed by atoms with Gasteiger partial charge in [0.1, 0.15) is 5.69 Å². The number of benzene rings is 3. The lowest BCUT2D eigenvalue weighted by Crippen LogP contribution is -2.48. The minimum Gasteiger partial charge on any atom is -0.369 e. The van der Waals surface area contributed by atoms with Gasteiger partial charge in [0.05, 0.1) is 6.54 Å². The SMILES string of the molecule is CN(CCN1CCN(c2cccc(Cl)c2)CC1)Cc1cc(-c2ccc(C=Cc3ccccc3)cc2)no1. The maximum Gasteiger partial charge on any atom is 0.151 e. The zero-order valence-electron chi connectivity index (χ0n) is 21.3. The van der Waals surface area contributed by atoms with E-state index in [0.717, 1.165) is 73.4 Å². The lowest BCUT2D eigenvalue weighted by Gasteiger charge is -2.36. The van der Waals surface area contributed by atoms with Crippen molar-refractivity contribution >= 4 is 29.4 Å². The molecule has 4 aromatic rings. The molecule has 2 heterocycles. The molecule has 0 aliphatic carbocycles. The van der Waals surface area contributed by atoms with Crippen LogP contribution in [0.3, 0.4) is 0 Å². The highest BCUT2D eigenvalue weighted by molar-refractivity contribution is 6.30. The fourth-order valence-corrected chi connectivity index (χ4v) is 4.79. The summed E-state index contributed by atoms with van der Waals surface area (Å²) in [4.78, 5) is 7.23. The number of nitrogens with zero attached hydrogens (tertiary/aromatic N) is 4. The van der Waals surface area contributed by atoms with Crippen LogP contribution in [0.2, 0.25) is 5.02 Å². The first-order valence-electron chi connectivity index (χ1n) is 12.8. The van der Waals surface area contributed by atoms with Crippen molar-refractivity contribution in [3.8, 4) is 11.3 Å². The molecule has 0 N–H and O–H groups in total. The second kappa shape index (κ2) is 12.2. The van der Waals surface area contributed by atoms with Crippen LogP contribution >= 0.6 is 11.6 Å². The van der Waals surface area contributed by atoms with Crippen LogP contribution in [0.25, 0.3) is 23.4 Å². The molecule has 0 radical (unpaired) electrons. The van der Waals surface area contributed by atoms with E-state index in [0.29, 0.717) is 0 Å². The molecule has 5 rings (SSSR count). The molecule has 190 valence electrons. The predicted molar refractivity (Wildman–Crippen MR) is 154 cm³/mol. The van der Waals surface area contributed by atoms with Crippen LogP contribution in [0.5, 0.6) is 0 Å². The highest BCUT2D eigenvalue weighted by Gasteiger charge is 2.18. The third kappa shape index (κ3) is 7.10. The number of rotatable bonds is 9. The second-order valence-corrected chi connectivity index (χ2v) is 10.0. The largest absolute Gasteiger partial charge is 0.369 e. The summed E-state index contributed by atoms with van der Waals surface area (Å²) in [7, 11) is 2.14. The van der Waals surface area contributed by atoms with Crippen LogP contribution in [-0.2, 0) is 6.54 Å². The number of likely N-dealkylation sites (N-methyl/N-ethyl adjacent to an activating group) is 1. The molecule has 0 amide bonds. The third-order valence-corrected chi connectivity index (χ3v) is 7.04. The van der Waals surface area contributed by atoms with Crippen LogP contribution in [-0.4, -0.2) is 61.3 Å². The van der Waals surface area contributed by atoms with E-state index in [9.17, 15) is 0 Å². The molecular weight excluding hydrogens is 480 g/mol. The monoisotopic (exact) mass is 512 g/mol. The Balaban J connectivity index is 1.07. The molecule has 1 fully saturated rings. The van der Waals surface area contributed by atoms with Gasteiger partial charge >= 0.3 is 0 Å². The van der Waals surface area contributed by atoms with Crippen LogP contribution in [0, 0.1) is 0 Å². The van der Waals surface area contributed by atoms with Crippen molar-refractivity contribution in [3.63, 3.8) is 0 Å². The van der Waals surface area contributed by atoms with Gasteiger partial charge in [-0.1, -0.05) is 89.6 Å². The first kappa shape index (κ1) is 25.3. The van der Waals surface area contributed by atoms with Gasteiger partial charge in [-0.05, 0) is 36.4 Å². The summed E-state index contributed by atoms with van der Waals surface area (Å²) >= 11 is 6.16. The van der Waals surface area contributed by atoms with Gasteiger partial charge < -0.3 is 9.42 Å². The quantitative estimate of drug-likeness (QED) is 0.242. The molecule has 5 nitrogen and oxygen atoms in total. The summed E-state index contributed by atoms with van der Waals surface area (Å²) in [6.07, 6.45) is 4.25. The van der Waals surface area contributed by atoms with Gasteiger partial charge in [-0.15, -0.1) is 0 Å². The van der Waals surface area contributed by atoms with Gasteiger partial charge in [0.15, 0.2) is 5.76 Å². The van der Waals surface area contributed by atoms with Gasteiger partial charge in [0, 0.05) is 61.6 Å². The summed E-state index contributed by atoms with van der Waals surface area (Å²) in [5.74, 6) is 0.885. The molecule has 0 saturated carbocycles. The van der Waals surface area contributed by atoms with E-state index in [2.05, 4.69) is 87.6 Å². The Morgan fingerprint density at radius 2 is 1.59 bits per heavy atom. The molecule has 37 heavy (non-hydrogen) atoms. The summed E-state index contributed by atoms with van der Waals surface area (Å²) in [6, 6.07) is 28.9. The molecule has 0 atom stereocenters. The highest BCUT2D eigenvalue weighted by atomic mass is 35.5. The molecule has 0 unspecified atom stereocenters. The Kier molecular flexibility index (Phi) is 8.36. The minimum atomic E-state index is 0.743. The Labute approximate surface area is 224 Å². The van der Waals surface area contributed by atoms with Crippen molar-refractivity contribution in [2.45, 2.75) is 6.54 Å². The molecule has 0 spiro atoms. The molecule has 3 aromatic carbocycles. The van der Waals surface area contributed by atoms with Crippen molar-refractivity contribution in [1.29, 1.82) is 0 Å². The molecule has 6 heteroatoms. The van der Waals surface area contributed by atoms with Crippen molar-refractivity contribution in [2.75, 3.05) is 51.2 Å². The van der Waals surface area contributed by atoms with E-state index in [4.69, 9.17) is 16.1 Å². The summed E-state index contributed by atoms with van der Waals surface area (Å²) in [5, 5.41) is 5.11. The Morgan fingerprint density at radius 1 is 0.865 bits per heavy atom. The maximum absolute atomic E-state index is 6.16. The van der Waals surface area contributed by atoms with Crippen molar-refractivity contribution in [1.82, 2.24) is 15.0 Å². The normalized spacial score (nSPS) is 14.6. The number of hydrogen-bond donors (Lipinski definition) is 0. The van der Waals surface area contributed by atoms with E-state index in [1.165, 1.54) is 11.3 Å². The van der Waals surface area contributed by atoms with Gasteiger partial charge in [0.25, 0.3) is 0 Å². The smallest absolute Gasteiger partial charge is 0.151 e. The van der Waals surface area contributed by atoms with Gasteiger partial charge in [-0.25, -0.2) is 0 Å². The zero-order chi connectivity index (χ0) is 25.5. The van der Waals surface area contributed by atoms with E-state index in [1.54, 1.807) is 0 Å². The molecule has 1 aliphatic heterocycles. The van der Waals surface area contributed by atoms with Crippen molar-refractivity contribution in [2.24, 2.45) is 0 Å².